The van der Waals surface area contributed by atoms with Crippen molar-refractivity contribution in [1.29, 1.82) is 0 Å². The third-order valence-corrected chi connectivity index (χ3v) is 3.98. The molecule has 0 amide bonds. The smallest absolute Gasteiger partial charge is 0.161 e. The summed E-state index contributed by atoms with van der Waals surface area (Å²) in [4.78, 5) is 0. The molecule has 0 radical (unpaired) electrons. The molecule has 0 aromatic heterocycles. The zero-order chi connectivity index (χ0) is 15.3. The molecular formula is C16H25NO4. The van der Waals surface area contributed by atoms with Crippen molar-refractivity contribution in [3.8, 4) is 11.5 Å². The quantitative estimate of drug-likeness (QED) is 0.804. The van der Waals surface area contributed by atoms with Gasteiger partial charge >= 0.3 is 0 Å². The van der Waals surface area contributed by atoms with Gasteiger partial charge in [-0.3, -0.25) is 0 Å². The molecule has 1 saturated heterocycles. The van der Waals surface area contributed by atoms with Crippen LogP contribution >= 0.6 is 0 Å². The van der Waals surface area contributed by atoms with Gasteiger partial charge < -0.3 is 24.6 Å². The van der Waals surface area contributed by atoms with Crippen molar-refractivity contribution in [3.63, 3.8) is 0 Å². The highest BCUT2D eigenvalue weighted by atomic mass is 16.5. The third-order valence-electron chi connectivity index (χ3n) is 3.98. The van der Waals surface area contributed by atoms with Crippen LogP contribution in [0.3, 0.4) is 0 Å². The Kier molecular flexibility index (Phi) is 5.45. The number of ether oxygens (including phenoxy) is 3. The summed E-state index contributed by atoms with van der Waals surface area (Å²) in [5.74, 6) is 1.44. The lowest BCUT2D eigenvalue weighted by Crippen LogP contribution is -2.42. The minimum Gasteiger partial charge on any atom is -0.493 e. The van der Waals surface area contributed by atoms with E-state index in [2.05, 4.69) is 12.2 Å². The highest BCUT2D eigenvalue weighted by Crippen LogP contribution is 2.31. The van der Waals surface area contributed by atoms with Crippen molar-refractivity contribution in [2.45, 2.75) is 31.4 Å². The minimum absolute atomic E-state index is 0.162. The molecule has 21 heavy (non-hydrogen) atoms. The van der Waals surface area contributed by atoms with Gasteiger partial charge in [0.1, 0.15) is 5.60 Å². The van der Waals surface area contributed by atoms with Gasteiger partial charge in [0.15, 0.2) is 11.5 Å². The molecule has 2 unspecified atom stereocenters. The number of hydrogen-bond acceptors (Lipinski definition) is 5. The van der Waals surface area contributed by atoms with Gasteiger partial charge in [-0.15, -0.1) is 0 Å². The van der Waals surface area contributed by atoms with E-state index in [1.165, 1.54) is 0 Å². The fraction of sp³-hybridized carbons (Fsp3) is 0.625. The molecule has 2 N–H and O–H groups in total. The topological polar surface area (TPSA) is 60.0 Å². The van der Waals surface area contributed by atoms with Crippen LogP contribution in [0.25, 0.3) is 0 Å². The molecule has 1 aliphatic rings. The predicted octanol–water partition coefficient (Wildman–Crippen LogP) is 1.90. The summed E-state index contributed by atoms with van der Waals surface area (Å²) in [5, 5.41) is 13.8. The van der Waals surface area contributed by atoms with E-state index in [4.69, 9.17) is 14.2 Å². The van der Waals surface area contributed by atoms with Gasteiger partial charge in [0.25, 0.3) is 0 Å². The summed E-state index contributed by atoms with van der Waals surface area (Å²) in [6.07, 6.45) is 1.61. The lowest BCUT2D eigenvalue weighted by molar-refractivity contribution is 0.0246. The molecule has 1 aromatic carbocycles. The van der Waals surface area contributed by atoms with Crippen LogP contribution in [-0.2, 0) is 4.74 Å². The standard InChI is InChI=1S/C16H25NO4/c1-4-13(17-10-16(18)7-8-21-11-16)12-5-6-14(19-2)15(9-12)20-3/h5-6,9,13,17-18H,4,7-8,10-11H2,1-3H3. The normalized spacial score (nSPS) is 23.0. The summed E-state index contributed by atoms with van der Waals surface area (Å²) in [6.45, 7) is 3.68. The lowest BCUT2D eigenvalue weighted by Gasteiger charge is -2.25. The van der Waals surface area contributed by atoms with Crippen LogP contribution in [0.4, 0.5) is 0 Å². The number of aliphatic hydroxyl groups is 1. The van der Waals surface area contributed by atoms with Crippen molar-refractivity contribution in [3.05, 3.63) is 23.8 Å². The second-order valence-corrected chi connectivity index (χ2v) is 5.48. The van der Waals surface area contributed by atoms with E-state index < -0.39 is 5.60 Å². The first-order valence-electron chi connectivity index (χ1n) is 7.37. The molecule has 2 atom stereocenters. The van der Waals surface area contributed by atoms with Crippen molar-refractivity contribution in [1.82, 2.24) is 5.32 Å². The van der Waals surface area contributed by atoms with E-state index in [0.29, 0.717) is 26.2 Å². The van der Waals surface area contributed by atoms with Gasteiger partial charge in [0.2, 0.25) is 0 Å². The molecule has 0 saturated carbocycles. The van der Waals surface area contributed by atoms with E-state index >= 15 is 0 Å². The van der Waals surface area contributed by atoms with Crippen LogP contribution in [0.1, 0.15) is 31.4 Å². The molecule has 1 heterocycles. The molecule has 1 aliphatic heterocycles. The first kappa shape index (κ1) is 16.1. The van der Waals surface area contributed by atoms with E-state index in [1.807, 2.05) is 18.2 Å². The SMILES string of the molecule is CCC(NCC1(O)CCOC1)c1ccc(OC)c(OC)c1. The Morgan fingerprint density at radius 2 is 2.10 bits per heavy atom. The summed E-state index contributed by atoms with van der Waals surface area (Å²) in [5.41, 5.74) is 0.377. The molecule has 0 spiro atoms. The Labute approximate surface area is 126 Å². The summed E-state index contributed by atoms with van der Waals surface area (Å²) < 4.78 is 15.9. The number of rotatable bonds is 7. The fourth-order valence-corrected chi connectivity index (χ4v) is 2.62. The second-order valence-electron chi connectivity index (χ2n) is 5.48. The average Bonchev–Trinajstić information content (AvgIpc) is 2.94. The third kappa shape index (κ3) is 3.87. The van der Waals surface area contributed by atoms with Crippen LogP contribution in [0.2, 0.25) is 0 Å². The zero-order valence-corrected chi connectivity index (χ0v) is 13.0. The van der Waals surface area contributed by atoms with Gasteiger partial charge in [-0.05, 0) is 24.1 Å². The molecule has 0 aliphatic carbocycles. The average molecular weight is 295 g/mol. The first-order valence-corrected chi connectivity index (χ1v) is 7.37. The van der Waals surface area contributed by atoms with Gasteiger partial charge in [0.05, 0.1) is 20.8 Å². The van der Waals surface area contributed by atoms with Crippen molar-refractivity contribution < 1.29 is 19.3 Å². The predicted molar refractivity (Wildman–Crippen MR) is 81.0 cm³/mol. The van der Waals surface area contributed by atoms with Gasteiger partial charge in [-0.25, -0.2) is 0 Å². The summed E-state index contributed by atoms with van der Waals surface area (Å²) >= 11 is 0. The highest BCUT2D eigenvalue weighted by Gasteiger charge is 2.32. The number of benzene rings is 1. The van der Waals surface area contributed by atoms with Gasteiger partial charge in [-0.2, -0.15) is 0 Å². The molecule has 118 valence electrons. The molecule has 1 aromatic rings. The second kappa shape index (κ2) is 7.11. The Bertz CT molecular complexity index is 458. The maximum absolute atomic E-state index is 10.3. The highest BCUT2D eigenvalue weighted by molar-refractivity contribution is 5.43. The van der Waals surface area contributed by atoms with Crippen molar-refractivity contribution in [2.24, 2.45) is 0 Å². The molecule has 0 bridgehead atoms. The molecule has 5 nitrogen and oxygen atoms in total. The zero-order valence-electron chi connectivity index (χ0n) is 13.0. The Morgan fingerprint density at radius 1 is 1.33 bits per heavy atom. The monoisotopic (exact) mass is 295 g/mol. The Hall–Kier alpha value is -1.30. The largest absolute Gasteiger partial charge is 0.493 e. The van der Waals surface area contributed by atoms with Crippen LogP contribution < -0.4 is 14.8 Å². The van der Waals surface area contributed by atoms with E-state index in [0.717, 1.165) is 23.5 Å². The van der Waals surface area contributed by atoms with E-state index in [9.17, 15) is 5.11 Å². The summed E-state index contributed by atoms with van der Waals surface area (Å²) in [6, 6.07) is 6.08. The summed E-state index contributed by atoms with van der Waals surface area (Å²) in [7, 11) is 3.26. The Balaban J connectivity index is 2.06. The molecular weight excluding hydrogens is 270 g/mol. The maximum atomic E-state index is 10.3. The maximum Gasteiger partial charge on any atom is 0.161 e. The van der Waals surface area contributed by atoms with Crippen LogP contribution in [-0.4, -0.2) is 44.7 Å². The lowest BCUT2D eigenvalue weighted by atomic mass is 10.00. The minimum atomic E-state index is -0.746. The molecule has 5 heteroatoms. The van der Waals surface area contributed by atoms with E-state index in [1.54, 1.807) is 14.2 Å². The molecule has 2 rings (SSSR count). The van der Waals surface area contributed by atoms with Crippen molar-refractivity contribution >= 4 is 0 Å². The number of hydrogen-bond donors (Lipinski definition) is 2. The first-order chi connectivity index (χ1) is 10.1. The number of methoxy groups -OCH3 is 2. The van der Waals surface area contributed by atoms with E-state index in [-0.39, 0.29) is 6.04 Å². The van der Waals surface area contributed by atoms with Crippen LogP contribution in [0.15, 0.2) is 18.2 Å². The molecule has 1 fully saturated rings. The Morgan fingerprint density at radius 3 is 2.67 bits per heavy atom. The number of nitrogens with one attached hydrogen (secondary N) is 1. The van der Waals surface area contributed by atoms with Gasteiger partial charge in [0, 0.05) is 25.6 Å². The fourth-order valence-electron chi connectivity index (χ4n) is 2.62. The van der Waals surface area contributed by atoms with Crippen LogP contribution in [0, 0.1) is 0 Å². The van der Waals surface area contributed by atoms with Crippen LogP contribution in [0.5, 0.6) is 11.5 Å². The van der Waals surface area contributed by atoms with Crippen molar-refractivity contribution in [2.75, 3.05) is 34.0 Å². The van der Waals surface area contributed by atoms with Gasteiger partial charge in [-0.1, -0.05) is 13.0 Å².